The van der Waals surface area contributed by atoms with Gasteiger partial charge in [-0.2, -0.15) is 0 Å². The summed E-state index contributed by atoms with van der Waals surface area (Å²) in [5, 5.41) is 8.54. The van der Waals surface area contributed by atoms with E-state index in [2.05, 4.69) is 53.9 Å². The van der Waals surface area contributed by atoms with Crippen molar-refractivity contribution in [2.45, 2.75) is 32.7 Å². The molecule has 0 saturated heterocycles. The summed E-state index contributed by atoms with van der Waals surface area (Å²) < 4.78 is 0. The Balaban J connectivity index is 1.61. The first-order chi connectivity index (χ1) is 12.8. The number of carbonyl (C=O) groups is 1. The van der Waals surface area contributed by atoms with Crippen molar-refractivity contribution in [3.05, 3.63) is 69.4 Å². The van der Waals surface area contributed by atoms with Crippen molar-refractivity contribution < 1.29 is 4.79 Å². The van der Waals surface area contributed by atoms with E-state index in [1.165, 1.54) is 22.3 Å². The fourth-order valence-corrected chi connectivity index (χ4v) is 4.08. The first kappa shape index (κ1) is 19.3. The van der Waals surface area contributed by atoms with Gasteiger partial charge in [-0.3, -0.25) is 4.79 Å². The summed E-state index contributed by atoms with van der Waals surface area (Å²) in [6.07, 6.45) is 2.50. The predicted molar refractivity (Wildman–Crippen MR) is 113 cm³/mol. The van der Waals surface area contributed by atoms with Crippen molar-refractivity contribution in [2.24, 2.45) is 0 Å². The molecule has 1 aliphatic heterocycles. The molecule has 2 aromatic rings. The van der Waals surface area contributed by atoms with Crippen LogP contribution in [0.15, 0.2) is 41.6 Å². The Morgan fingerprint density at radius 2 is 1.93 bits per heavy atom. The smallest absolute Gasteiger partial charge is 0.253 e. The maximum absolute atomic E-state index is 12.6. The molecule has 0 saturated carbocycles. The number of aromatic nitrogens is 1. The summed E-state index contributed by atoms with van der Waals surface area (Å²) in [5.41, 5.74) is 6.82. The summed E-state index contributed by atoms with van der Waals surface area (Å²) in [5.74, 6) is 0.654. The Morgan fingerprint density at radius 3 is 2.59 bits per heavy atom. The average Bonchev–Trinajstić information content (AvgIpc) is 3.05. The quantitative estimate of drug-likeness (QED) is 0.829. The minimum Gasteiger partial charge on any atom is -0.363 e. The molecule has 3 rings (SSSR count). The summed E-state index contributed by atoms with van der Waals surface area (Å²) in [7, 11) is 3.81. The molecule has 142 valence electrons. The molecule has 27 heavy (non-hydrogen) atoms. The second kappa shape index (κ2) is 8.05. The van der Waals surface area contributed by atoms with Crippen LogP contribution in [-0.2, 0) is 6.42 Å². The molecule has 2 heterocycles. The van der Waals surface area contributed by atoms with E-state index in [0.29, 0.717) is 5.56 Å². The van der Waals surface area contributed by atoms with Crippen molar-refractivity contribution in [3.63, 3.8) is 0 Å². The zero-order valence-corrected chi connectivity index (χ0v) is 17.3. The number of nitrogens with zero attached hydrogens (tertiary/aromatic N) is 2. The number of nitrogens with one attached hydrogen (secondary N) is 2. The lowest BCUT2D eigenvalue weighted by molar-refractivity contribution is 0.0947. The third-order valence-corrected chi connectivity index (χ3v) is 5.53. The molecule has 1 amide bonds. The average molecular weight is 383 g/mol. The summed E-state index contributed by atoms with van der Waals surface area (Å²) >= 11 is 1.59. The maximum Gasteiger partial charge on any atom is 0.253 e. The van der Waals surface area contributed by atoms with Crippen LogP contribution >= 0.6 is 11.8 Å². The van der Waals surface area contributed by atoms with E-state index in [9.17, 15) is 4.79 Å². The van der Waals surface area contributed by atoms with E-state index in [1.54, 1.807) is 30.1 Å². The molecule has 1 aromatic carbocycles. The third kappa shape index (κ3) is 4.63. The van der Waals surface area contributed by atoms with E-state index in [1.807, 2.05) is 19.0 Å². The van der Waals surface area contributed by atoms with Crippen LogP contribution in [-0.4, -0.2) is 30.5 Å². The predicted octanol–water partition coefficient (Wildman–Crippen LogP) is 3.51. The molecule has 1 atom stereocenters. The summed E-state index contributed by atoms with van der Waals surface area (Å²) in [6, 6.07) is 7.96. The molecular formula is C21H26N4OS. The van der Waals surface area contributed by atoms with Crippen LogP contribution in [0.1, 0.15) is 32.6 Å². The van der Waals surface area contributed by atoms with Crippen molar-refractivity contribution in [3.8, 4) is 0 Å². The number of aryl methyl sites for hydroxylation is 3. The molecule has 1 unspecified atom stereocenters. The van der Waals surface area contributed by atoms with Crippen LogP contribution in [0.25, 0.3) is 0 Å². The maximum atomic E-state index is 12.6. The van der Waals surface area contributed by atoms with Crippen LogP contribution in [0, 0.1) is 20.8 Å². The molecule has 0 radical (unpaired) electrons. The van der Waals surface area contributed by atoms with Gasteiger partial charge in [-0.05, 0) is 55.0 Å². The van der Waals surface area contributed by atoms with Gasteiger partial charge in [-0.15, -0.1) is 0 Å². The molecule has 5 nitrogen and oxygen atoms in total. The van der Waals surface area contributed by atoms with Gasteiger partial charge in [0.1, 0.15) is 5.82 Å². The highest BCUT2D eigenvalue weighted by molar-refractivity contribution is 8.02. The first-order valence-corrected chi connectivity index (χ1v) is 9.90. The monoisotopic (exact) mass is 382 g/mol. The van der Waals surface area contributed by atoms with Crippen molar-refractivity contribution in [1.82, 2.24) is 15.6 Å². The fraction of sp³-hybridized carbons (Fsp3) is 0.333. The van der Waals surface area contributed by atoms with Crippen molar-refractivity contribution >= 4 is 23.5 Å². The molecule has 2 N–H and O–H groups in total. The Morgan fingerprint density at radius 1 is 1.22 bits per heavy atom. The molecule has 1 aliphatic rings. The number of carbonyl (C=O) groups excluding carboxylic acids is 1. The van der Waals surface area contributed by atoms with E-state index >= 15 is 0 Å². The largest absolute Gasteiger partial charge is 0.363 e. The van der Waals surface area contributed by atoms with E-state index in [0.717, 1.165) is 17.9 Å². The standard InChI is InChI=1S/C21H26N4OS/c1-13-8-14(2)18(15(3)9-13)11-17-12-27-21(23-17)24-20(26)16-6-7-22-19(10-16)25(4)5/h6-10,12,21,23H,11H2,1-5H3,(H,24,26). The van der Waals surface area contributed by atoms with Gasteiger partial charge in [0, 0.05) is 38.0 Å². The highest BCUT2D eigenvalue weighted by atomic mass is 32.2. The van der Waals surface area contributed by atoms with Gasteiger partial charge < -0.3 is 15.5 Å². The van der Waals surface area contributed by atoms with E-state index < -0.39 is 0 Å². The second-order valence-electron chi connectivity index (χ2n) is 7.13. The molecule has 0 fully saturated rings. The molecule has 0 bridgehead atoms. The van der Waals surface area contributed by atoms with Crippen LogP contribution in [0.5, 0.6) is 0 Å². The lowest BCUT2D eigenvalue weighted by Crippen LogP contribution is -2.40. The van der Waals surface area contributed by atoms with Gasteiger partial charge in [0.25, 0.3) is 5.91 Å². The first-order valence-electron chi connectivity index (χ1n) is 8.95. The van der Waals surface area contributed by atoms with Crippen LogP contribution in [0.3, 0.4) is 0 Å². The topological polar surface area (TPSA) is 57.3 Å². The van der Waals surface area contributed by atoms with Gasteiger partial charge >= 0.3 is 0 Å². The third-order valence-electron chi connectivity index (χ3n) is 4.60. The lowest BCUT2D eigenvalue weighted by atomic mass is 9.96. The number of allylic oxidation sites excluding steroid dienone is 1. The van der Waals surface area contributed by atoms with Gasteiger partial charge in [0.15, 0.2) is 5.50 Å². The Bertz CT molecular complexity index is 868. The fourth-order valence-electron chi connectivity index (χ4n) is 3.24. The Labute approximate surface area is 165 Å². The molecular weight excluding hydrogens is 356 g/mol. The number of hydrogen-bond acceptors (Lipinski definition) is 5. The van der Waals surface area contributed by atoms with Gasteiger partial charge in [0.05, 0.1) is 0 Å². The van der Waals surface area contributed by atoms with Gasteiger partial charge in [-0.1, -0.05) is 29.5 Å². The second-order valence-corrected chi connectivity index (χ2v) is 8.11. The number of anilines is 1. The number of benzene rings is 1. The minimum atomic E-state index is -0.158. The lowest BCUT2D eigenvalue weighted by Gasteiger charge is -2.17. The van der Waals surface area contributed by atoms with E-state index in [4.69, 9.17) is 0 Å². The minimum absolute atomic E-state index is 0.108. The molecule has 1 aromatic heterocycles. The number of rotatable bonds is 5. The van der Waals surface area contributed by atoms with E-state index in [-0.39, 0.29) is 11.4 Å². The zero-order chi connectivity index (χ0) is 19.6. The number of thioether (sulfide) groups is 1. The molecule has 6 heteroatoms. The Hall–Kier alpha value is -2.47. The van der Waals surface area contributed by atoms with Crippen molar-refractivity contribution in [2.75, 3.05) is 19.0 Å². The van der Waals surface area contributed by atoms with Crippen LogP contribution < -0.4 is 15.5 Å². The van der Waals surface area contributed by atoms with Gasteiger partial charge in [0.2, 0.25) is 0 Å². The SMILES string of the molecule is Cc1cc(C)c(CC2=CSC(NC(=O)c3ccnc(N(C)C)c3)N2)c(C)c1. The molecule has 0 aliphatic carbocycles. The van der Waals surface area contributed by atoms with Crippen LogP contribution in [0.4, 0.5) is 5.82 Å². The van der Waals surface area contributed by atoms with Gasteiger partial charge in [-0.25, -0.2) is 4.98 Å². The highest BCUT2D eigenvalue weighted by Crippen LogP contribution is 2.25. The van der Waals surface area contributed by atoms with Crippen LogP contribution in [0.2, 0.25) is 0 Å². The normalized spacial score (nSPS) is 15.9. The summed E-state index contributed by atoms with van der Waals surface area (Å²) in [4.78, 5) is 18.7. The van der Waals surface area contributed by atoms with Crippen molar-refractivity contribution in [1.29, 1.82) is 0 Å². The molecule has 0 spiro atoms. The zero-order valence-electron chi connectivity index (χ0n) is 16.5. The summed E-state index contributed by atoms with van der Waals surface area (Å²) in [6.45, 7) is 6.44. The Kier molecular flexibility index (Phi) is 5.75. The number of amides is 1. The highest BCUT2D eigenvalue weighted by Gasteiger charge is 2.20. The number of hydrogen-bond donors (Lipinski definition) is 2. The number of pyridine rings is 1.